The van der Waals surface area contributed by atoms with E-state index >= 15 is 0 Å². The smallest absolute Gasteiger partial charge is 0.338 e. The fourth-order valence-electron chi connectivity index (χ4n) is 3.79. The van der Waals surface area contributed by atoms with E-state index < -0.39 is 34.9 Å². The van der Waals surface area contributed by atoms with Crippen LogP contribution in [0.15, 0.2) is 77.9 Å². The van der Waals surface area contributed by atoms with Gasteiger partial charge in [-0.2, -0.15) is 31.4 Å². The summed E-state index contributed by atoms with van der Waals surface area (Å²) >= 11 is 0. The highest BCUT2D eigenvalue weighted by molar-refractivity contribution is 6.00. The van der Waals surface area contributed by atoms with Gasteiger partial charge in [-0.25, -0.2) is 14.5 Å². The normalized spacial score (nSPS) is 12.2. The van der Waals surface area contributed by atoms with Gasteiger partial charge in [-0.05, 0) is 30.3 Å². The molecule has 0 aliphatic heterocycles. The van der Waals surface area contributed by atoms with E-state index in [2.05, 4.69) is 25.7 Å². The molecule has 0 amide bonds. The van der Waals surface area contributed by atoms with Gasteiger partial charge in [0.05, 0.1) is 16.8 Å². The Bertz CT molecular complexity index is 1620. The fourth-order valence-corrected chi connectivity index (χ4v) is 3.79. The molecule has 0 aliphatic rings. The van der Waals surface area contributed by atoms with Gasteiger partial charge in [0, 0.05) is 22.0 Å². The Labute approximate surface area is 203 Å². The number of benzene rings is 3. The summed E-state index contributed by atoms with van der Waals surface area (Å²) in [5.41, 5.74) is -2.17. The van der Waals surface area contributed by atoms with Gasteiger partial charge in [-0.15, -0.1) is 10.2 Å². The second kappa shape index (κ2) is 8.76. The van der Waals surface area contributed by atoms with Crippen molar-refractivity contribution in [1.29, 1.82) is 0 Å². The van der Waals surface area contributed by atoms with Crippen LogP contribution in [-0.4, -0.2) is 25.0 Å². The number of aromatic amines is 1. The zero-order chi connectivity index (χ0) is 26.4. The molecular weight excluding hydrogens is 502 g/mol. The number of aromatic nitrogens is 5. The zero-order valence-corrected chi connectivity index (χ0v) is 18.4. The molecule has 2 aromatic heterocycles. The minimum absolute atomic E-state index is 0.0200. The van der Waals surface area contributed by atoms with E-state index in [1.807, 2.05) is 0 Å². The molecular formula is C24H14F6N6O. The van der Waals surface area contributed by atoms with Crippen LogP contribution in [0.1, 0.15) is 11.1 Å². The van der Waals surface area contributed by atoms with E-state index in [9.17, 15) is 31.1 Å². The zero-order valence-electron chi connectivity index (χ0n) is 18.4. The SMILES string of the molecule is O=c1[nH]ncn1-c1ccc(-c2nnc(Nc3cc(C(F)(F)F)cc(C(F)(F)F)c3)c3ccccc23)cc1. The van der Waals surface area contributed by atoms with E-state index in [1.165, 1.54) is 10.9 Å². The first-order valence-electron chi connectivity index (χ1n) is 10.6. The Kier molecular flexibility index (Phi) is 5.69. The average molecular weight is 516 g/mol. The molecule has 13 heteroatoms. The molecule has 0 unspecified atom stereocenters. The topological polar surface area (TPSA) is 88.5 Å². The molecule has 0 bridgehead atoms. The highest BCUT2D eigenvalue weighted by Gasteiger charge is 2.37. The third-order valence-electron chi connectivity index (χ3n) is 5.51. The van der Waals surface area contributed by atoms with Gasteiger partial charge in [0.15, 0.2) is 5.82 Å². The maximum atomic E-state index is 13.3. The van der Waals surface area contributed by atoms with Crippen LogP contribution in [-0.2, 0) is 12.4 Å². The Balaban J connectivity index is 1.56. The maximum Gasteiger partial charge on any atom is 0.416 e. The second-order valence-corrected chi connectivity index (χ2v) is 7.94. The van der Waals surface area contributed by atoms with Crippen LogP contribution >= 0.6 is 0 Å². The lowest BCUT2D eigenvalue weighted by molar-refractivity contribution is -0.143. The third-order valence-corrected chi connectivity index (χ3v) is 5.51. The van der Waals surface area contributed by atoms with Gasteiger partial charge in [-0.3, -0.25) is 0 Å². The molecule has 188 valence electrons. The van der Waals surface area contributed by atoms with Crippen molar-refractivity contribution < 1.29 is 26.3 Å². The average Bonchev–Trinajstić information content (AvgIpc) is 3.29. The Morgan fingerprint density at radius 3 is 1.97 bits per heavy atom. The molecule has 7 nitrogen and oxygen atoms in total. The number of nitrogens with zero attached hydrogens (tertiary/aromatic N) is 4. The van der Waals surface area contributed by atoms with Crippen molar-refractivity contribution in [2.45, 2.75) is 12.4 Å². The number of H-pyrrole nitrogens is 1. The number of fused-ring (bicyclic) bond motifs is 1. The predicted molar refractivity (Wildman–Crippen MR) is 122 cm³/mol. The number of anilines is 2. The molecule has 5 aromatic rings. The minimum atomic E-state index is -4.98. The van der Waals surface area contributed by atoms with E-state index in [4.69, 9.17) is 0 Å². The summed E-state index contributed by atoms with van der Waals surface area (Å²) in [6.45, 7) is 0. The van der Waals surface area contributed by atoms with Crippen LogP contribution in [0, 0.1) is 0 Å². The summed E-state index contributed by atoms with van der Waals surface area (Å²) in [6.07, 6.45) is -8.64. The Morgan fingerprint density at radius 1 is 0.784 bits per heavy atom. The number of rotatable bonds is 4. The summed E-state index contributed by atoms with van der Waals surface area (Å²) in [7, 11) is 0. The summed E-state index contributed by atoms with van der Waals surface area (Å²) in [4.78, 5) is 11.8. The second-order valence-electron chi connectivity index (χ2n) is 7.94. The van der Waals surface area contributed by atoms with Crippen LogP contribution < -0.4 is 11.0 Å². The first kappa shape index (κ1) is 24.0. The van der Waals surface area contributed by atoms with Gasteiger partial charge >= 0.3 is 18.0 Å². The number of hydrogen-bond acceptors (Lipinski definition) is 5. The molecule has 2 heterocycles. The van der Waals surface area contributed by atoms with Crippen LogP contribution in [0.3, 0.4) is 0 Å². The molecule has 2 N–H and O–H groups in total. The van der Waals surface area contributed by atoms with Crippen LogP contribution in [0.25, 0.3) is 27.7 Å². The Hall–Kier alpha value is -4.68. The lowest BCUT2D eigenvalue weighted by atomic mass is 10.0. The van der Waals surface area contributed by atoms with Crippen molar-refractivity contribution >= 4 is 22.3 Å². The van der Waals surface area contributed by atoms with Crippen molar-refractivity contribution in [3.63, 3.8) is 0 Å². The lowest BCUT2D eigenvalue weighted by Crippen LogP contribution is -2.13. The maximum absolute atomic E-state index is 13.3. The van der Waals surface area contributed by atoms with Crippen LogP contribution in [0.5, 0.6) is 0 Å². The molecule has 0 spiro atoms. The predicted octanol–water partition coefficient (Wildman–Crippen LogP) is 5.95. The van der Waals surface area contributed by atoms with Gasteiger partial charge in [0.25, 0.3) is 0 Å². The van der Waals surface area contributed by atoms with Crippen molar-refractivity contribution in [2.24, 2.45) is 0 Å². The molecule has 0 saturated carbocycles. The summed E-state index contributed by atoms with van der Waals surface area (Å²) in [6, 6.07) is 14.6. The van der Waals surface area contributed by atoms with Crippen molar-refractivity contribution in [1.82, 2.24) is 25.0 Å². The molecule has 3 aromatic carbocycles. The van der Waals surface area contributed by atoms with Gasteiger partial charge in [0.1, 0.15) is 12.0 Å². The van der Waals surface area contributed by atoms with Crippen molar-refractivity contribution in [3.05, 3.63) is 94.7 Å². The lowest BCUT2D eigenvalue weighted by Gasteiger charge is -2.16. The quantitative estimate of drug-likeness (QED) is 0.288. The summed E-state index contributed by atoms with van der Waals surface area (Å²) < 4.78 is 80.9. The number of hydrogen-bond donors (Lipinski definition) is 2. The first-order valence-corrected chi connectivity index (χ1v) is 10.6. The van der Waals surface area contributed by atoms with Gasteiger partial charge in [-0.1, -0.05) is 36.4 Å². The highest BCUT2D eigenvalue weighted by atomic mass is 19.4. The molecule has 0 saturated heterocycles. The van der Waals surface area contributed by atoms with E-state index in [1.54, 1.807) is 48.5 Å². The van der Waals surface area contributed by atoms with Crippen molar-refractivity contribution in [3.8, 4) is 16.9 Å². The molecule has 0 fully saturated rings. The van der Waals surface area contributed by atoms with Gasteiger partial charge in [0.2, 0.25) is 0 Å². The molecule has 37 heavy (non-hydrogen) atoms. The number of alkyl halides is 6. The molecule has 0 aliphatic carbocycles. The summed E-state index contributed by atoms with van der Waals surface area (Å²) in [5, 5.41) is 17.7. The van der Waals surface area contributed by atoms with E-state index in [-0.39, 0.29) is 11.9 Å². The van der Waals surface area contributed by atoms with Crippen LogP contribution in [0.4, 0.5) is 37.8 Å². The number of halogens is 6. The third kappa shape index (κ3) is 4.75. The molecule has 0 radical (unpaired) electrons. The largest absolute Gasteiger partial charge is 0.416 e. The number of nitrogens with one attached hydrogen (secondary N) is 2. The monoisotopic (exact) mass is 516 g/mol. The standard InChI is InChI=1S/C24H14F6N6O/c25-23(26,27)14-9-15(24(28,29)30)11-16(10-14)32-21-19-4-2-1-3-18(19)20(33-34-21)13-5-7-17(8-6-13)36-12-31-35-22(36)37/h1-12H,(H,32,34)(H,35,37). The highest BCUT2D eigenvalue weighted by Crippen LogP contribution is 2.39. The van der Waals surface area contributed by atoms with Gasteiger partial charge < -0.3 is 5.32 Å². The fraction of sp³-hybridized carbons (Fsp3) is 0.0833. The first-order chi connectivity index (χ1) is 17.5. The molecule has 0 atom stereocenters. The van der Waals surface area contributed by atoms with Crippen molar-refractivity contribution in [2.75, 3.05) is 5.32 Å². The Morgan fingerprint density at radius 2 is 1.41 bits per heavy atom. The van der Waals surface area contributed by atoms with Crippen LogP contribution in [0.2, 0.25) is 0 Å². The van der Waals surface area contributed by atoms with E-state index in [0.29, 0.717) is 39.8 Å². The summed E-state index contributed by atoms with van der Waals surface area (Å²) in [5.74, 6) is -0.0200. The minimum Gasteiger partial charge on any atom is -0.338 e. The van der Waals surface area contributed by atoms with E-state index in [0.717, 1.165) is 0 Å². The molecule has 5 rings (SSSR count).